The van der Waals surface area contributed by atoms with Crippen LogP contribution in [0.4, 0.5) is 0 Å². The van der Waals surface area contributed by atoms with Crippen LogP contribution >= 0.6 is 0 Å². The van der Waals surface area contributed by atoms with Crippen molar-refractivity contribution in [2.24, 2.45) is 0 Å². The maximum absolute atomic E-state index is 6.30. The molecule has 0 atom stereocenters. The number of benzene rings is 9. The van der Waals surface area contributed by atoms with Gasteiger partial charge >= 0.3 is 0 Å². The van der Waals surface area contributed by atoms with Crippen LogP contribution in [0, 0.1) is 0 Å². The van der Waals surface area contributed by atoms with E-state index in [-0.39, 0.29) is 0 Å². The number of hydrogen-bond acceptors (Lipinski definition) is 4. The van der Waals surface area contributed by atoms with Crippen LogP contribution in [0.3, 0.4) is 0 Å². The van der Waals surface area contributed by atoms with Gasteiger partial charge in [0.2, 0.25) is 0 Å². The van der Waals surface area contributed by atoms with Crippen molar-refractivity contribution < 1.29 is 4.42 Å². The van der Waals surface area contributed by atoms with Gasteiger partial charge in [-0.15, -0.1) is 0 Å². The van der Waals surface area contributed by atoms with E-state index in [1.165, 1.54) is 10.8 Å². The molecule has 0 N–H and O–H groups in total. The third-order valence-electron chi connectivity index (χ3n) is 11.9. The topological polar surface area (TPSA) is 56.7 Å². The van der Waals surface area contributed by atoms with Gasteiger partial charge in [0.1, 0.15) is 11.2 Å². The van der Waals surface area contributed by atoms with Crippen LogP contribution in [-0.2, 0) is 0 Å². The number of aromatic nitrogens is 4. The van der Waals surface area contributed by atoms with Gasteiger partial charge in [-0.05, 0) is 75.8 Å². The predicted octanol–water partition coefficient (Wildman–Crippen LogP) is 14.9. The van der Waals surface area contributed by atoms with Gasteiger partial charge in [0, 0.05) is 43.9 Å². The molecule has 5 heteroatoms. The molecule has 0 bridgehead atoms. The van der Waals surface area contributed by atoms with Crippen LogP contribution in [0.25, 0.3) is 117 Å². The summed E-state index contributed by atoms with van der Waals surface area (Å²) in [6.07, 6.45) is 0. The third-order valence-corrected chi connectivity index (χ3v) is 11.9. The third kappa shape index (κ3) is 6.06. The Balaban J connectivity index is 1.01. The maximum atomic E-state index is 6.30. The van der Waals surface area contributed by atoms with Gasteiger partial charge in [-0.1, -0.05) is 176 Å². The Morgan fingerprint density at radius 3 is 1.73 bits per heavy atom. The van der Waals surface area contributed by atoms with Crippen LogP contribution in [0.5, 0.6) is 0 Å². The van der Waals surface area contributed by atoms with E-state index < -0.39 is 0 Å². The Morgan fingerprint density at radius 1 is 0.306 bits per heavy atom. The molecule has 0 unspecified atom stereocenters. The largest absolute Gasteiger partial charge is 0.456 e. The summed E-state index contributed by atoms with van der Waals surface area (Å²) in [7, 11) is 0. The van der Waals surface area contributed by atoms with Crippen LogP contribution < -0.4 is 0 Å². The number of fused-ring (bicyclic) bond motifs is 6. The summed E-state index contributed by atoms with van der Waals surface area (Å²) < 4.78 is 8.69. The smallest absolute Gasteiger partial charge is 0.164 e. The Kier molecular flexibility index (Phi) is 8.42. The van der Waals surface area contributed by atoms with Gasteiger partial charge in [-0.2, -0.15) is 0 Å². The standard InChI is InChI=1S/C57H36N4O/c1-3-16-37(17-4-1)39-20-13-22-42(34-39)56-58-55(38-18-5-2-6-19-38)59-57(60-56)48-26-8-7-24-44(48)40-21-14-23-43(35-40)61-50-29-11-9-25-46(50)47-33-32-41(36-51(47)61)45-28-15-31-53-54(45)49-27-10-12-30-52(49)62-53/h1-36H. The monoisotopic (exact) mass is 792 g/mol. The molecular formula is C57H36N4O. The predicted molar refractivity (Wildman–Crippen MR) is 254 cm³/mol. The number of nitrogens with zero attached hydrogens (tertiary/aromatic N) is 4. The highest BCUT2D eigenvalue weighted by molar-refractivity contribution is 6.14. The van der Waals surface area contributed by atoms with E-state index >= 15 is 0 Å². The zero-order valence-corrected chi connectivity index (χ0v) is 33.5. The molecule has 12 rings (SSSR count). The molecule has 0 spiro atoms. The first-order valence-corrected chi connectivity index (χ1v) is 20.8. The van der Waals surface area contributed by atoms with Crippen molar-refractivity contribution in [3.8, 4) is 73.2 Å². The highest BCUT2D eigenvalue weighted by Gasteiger charge is 2.19. The van der Waals surface area contributed by atoms with Crippen molar-refractivity contribution in [3.63, 3.8) is 0 Å². The molecule has 0 saturated heterocycles. The summed E-state index contributed by atoms with van der Waals surface area (Å²) in [6, 6.07) is 76.3. The Bertz CT molecular complexity index is 3640. The molecule has 0 aliphatic heterocycles. The van der Waals surface area contributed by atoms with Gasteiger partial charge < -0.3 is 8.98 Å². The fourth-order valence-corrected chi connectivity index (χ4v) is 8.98. The Morgan fingerprint density at radius 2 is 0.871 bits per heavy atom. The lowest BCUT2D eigenvalue weighted by Crippen LogP contribution is -2.01. The normalized spacial score (nSPS) is 11.5. The minimum atomic E-state index is 0.613. The van der Waals surface area contributed by atoms with E-state index in [4.69, 9.17) is 19.4 Å². The molecule has 3 aromatic heterocycles. The van der Waals surface area contributed by atoms with E-state index in [0.717, 1.165) is 88.7 Å². The van der Waals surface area contributed by atoms with E-state index in [9.17, 15) is 0 Å². The summed E-state index contributed by atoms with van der Waals surface area (Å²) in [6.45, 7) is 0. The van der Waals surface area contributed by atoms with Crippen LogP contribution in [0.1, 0.15) is 0 Å². The lowest BCUT2D eigenvalue weighted by molar-refractivity contribution is 0.669. The molecule has 0 saturated carbocycles. The molecule has 0 aliphatic rings. The van der Waals surface area contributed by atoms with Gasteiger partial charge in [0.25, 0.3) is 0 Å². The molecular weight excluding hydrogens is 757 g/mol. The summed E-state index contributed by atoms with van der Waals surface area (Å²) in [5.41, 5.74) is 14.5. The molecule has 290 valence electrons. The molecule has 5 nitrogen and oxygen atoms in total. The van der Waals surface area contributed by atoms with E-state index in [1.54, 1.807) is 0 Å². The van der Waals surface area contributed by atoms with Crippen molar-refractivity contribution in [2.75, 3.05) is 0 Å². The minimum Gasteiger partial charge on any atom is -0.456 e. The first-order chi connectivity index (χ1) is 30.7. The lowest BCUT2D eigenvalue weighted by Gasteiger charge is -2.14. The number of rotatable bonds is 7. The number of furan rings is 1. The highest BCUT2D eigenvalue weighted by Crippen LogP contribution is 2.41. The van der Waals surface area contributed by atoms with Crippen LogP contribution in [-0.4, -0.2) is 19.5 Å². The van der Waals surface area contributed by atoms with Gasteiger partial charge in [-0.3, -0.25) is 0 Å². The van der Waals surface area contributed by atoms with Crippen LogP contribution in [0.15, 0.2) is 223 Å². The number of hydrogen-bond donors (Lipinski definition) is 0. The molecule has 0 radical (unpaired) electrons. The first kappa shape index (κ1) is 35.5. The van der Waals surface area contributed by atoms with Crippen molar-refractivity contribution in [1.29, 1.82) is 0 Å². The lowest BCUT2D eigenvalue weighted by atomic mass is 9.98. The molecule has 3 heterocycles. The van der Waals surface area contributed by atoms with E-state index in [0.29, 0.717) is 17.5 Å². The molecule has 9 aromatic carbocycles. The average molecular weight is 793 g/mol. The van der Waals surface area contributed by atoms with Crippen molar-refractivity contribution in [2.45, 2.75) is 0 Å². The summed E-state index contributed by atoms with van der Waals surface area (Å²) in [5, 5.41) is 4.65. The van der Waals surface area contributed by atoms with Crippen molar-refractivity contribution >= 4 is 43.7 Å². The zero-order chi connectivity index (χ0) is 41.0. The Labute approximate surface area is 357 Å². The van der Waals surface area contributed by atoms with E-state index in [2.05, 4.69) is 174 Å². The van der Waals surface area contributed by atoms with Gasteiger partial charge in [0.15, 0.2) is 17.5 Å². The SMILES string of the molecule is c1ccc(-c2cccc(-c3nc(-c4ccccc4)nc(-c4ccccc4-c4cccc(-n5c6ccccc6c6ccc(-c7cccc8oc9ccccc9c78)cc65)c4)n3)c2)cc1. The summed E-state index contributed by atoms with van der Waals surface area (Å²) in [5.74, 6) is 1.86. The highest BCUT2D eigenvalue weighted by atomic mass is 16.3. The second-order valence-corrected chi connectivity index (χ2v) is 15.6. The molecule has 0 aliphatic carbocycles. The first-order valence-electron chi connectivity index (χ1n) is 20.8. The minimum absolute atomic E-state index is 0.613. The van der Waals surface area contributed by atoms with Gasteiger partial charge in [0.05, 0.1) is 11.0 Å². The molecule has 0 fully saturated rings. The summed E-state index contributed by atoms with van der Waals surface area (Å²) >= 11 is 0. The second-order valence-electron chi connectivity index (χ2n) is 15.6. The summed E-state index contributed by atoms with van der Waals surface area (Å²) in [4.78, 5) is 15.4. The maximum Gasteiger partial charge on any atom is 0.164 e. The zero-order valence-electron chi connectivity index (χ0n) is 33.5. The molecule has 62 heavy (non-hydrogen) atoms. The average Bonchev–Trinajstić information content (AvgIpc) is 3.90. The molecule has 0 amide bonds. The fourth-order valence-electron chi connectivity index (χ4n) is 8.98. The van der Waals surface area contributed by atoms with Crippen molar-refractivity contribution in [3.05, 3.63) is 218 Å². The van der Waals surface area contributed by atoms with E-state index in [1.807, 2.05) is 48.5 Å². The Hall–Kier alpha value is -8.41. The quantitative estimate of drug-likeness (QED) is 0.161. The van der Waals surface area contributed by atoms with Crippen molar-refractivity contribution in [1.82, 2.24) is 19.5 Å². The van der Waals surface area contributed by atoms with Crippen LogP contribution in [0.2, 0.25) is 0 Å². The van der Waals surface area contributed by atoms with Gasteiger partial charge in [-0.25, -0.2) is 15.0 Å². The number of para-hydroxylation sites is 2. The fraction of sp³-hybridized carbons (Fsp3) is 0. The molecule has 12 aromatic rings. The second kappa shape index (κ2) is 14.7.